The number of thiazole rings is 1. The molecule has 5 nitrogen and oxygen atoms in total. The lowest BCUT2D eigenvalue weighted by Gasteiger charge is -2.28. The maximum absolute atomic E-state index is 5.81. The Morgan fingerprint density at radius 1 is 1.40 bits per heavy atom. The fraction of sp³-hybridized carbons (Fsp3) is 0.786. The van der Waals surface area contributed by atoms with E-state index in [1.807, 2.05) is 0 Å². The van der Waals surface area contributed by atoms with Gasteiger partial charge in [0.1, 0.15) is 0 Å². The van der Waals surface area contributed by atoms with Crippen LogP contribution >= 0.6 is 11.3 Å². The second-order valence-corrected chi connectivity index (χ2v) is 6.33. The van der Waals surface area contributed by atoms with E-state index < -0.39 is 0 Å². The van der Waals surface area contributed by atoms with Gasteiger partial charge in [-0.15, -0.1) is 11.3 Å². The lowest BCUT2D eigenvalue weighted by Crippen LogP contribution is -2.37. The Labute approximate surface area is 125 Å². The molecule has 1 unspecified atom stereocenters. The molecule has 1 atom stereocenters. The average Bonchev–Trinajstić information content (AvgIpc) is 3.22. The van der Waals surface area contributed by atoms with Gasteiger partial charge in [-0.25, -0.2) is 4.98 Å². The summed E-state index contributed by atoms with van der Waals surface area (Å²) in [6.45, 7) is 4.92. The maximum Gasteiger partial charge on any atom is 0.186 e. The van der Waals surface area contributed by atoms with Gasteiger partial charge in [0.25, 0.3) is 0 Å². The van der Waals surface area contributed by atoms with Gasteiger partial charge in [-0.2, -0.15) is 0 Å². The van der Waals surface area contributed by atoms with Gasteiger partial charge in [0.05, 0.1) is 18.9 Å². The van der Waals surface area contributed by atoms with Crippen molar-refractivity contribution in [1.82, 2.24) is 4.98 Å². The molecule has 20 heavy (non-hydrogen) atoms. The van der Waals surface area contributed by atoms with Gasteiger partial charge in [0, 0.05) is 38.2 Å². The van der Waals surface area contributed by atoms with Crippen molar-refractivity contribution in [2.24, 2.45) is 11.7 Å². The first-order valence-electron chi connectivity index (χ1n) is 7.14. The van der Waals surface area contributed by atoms with Crippen LogP contribution in [0.2, 0.25) is 0 Å². The van der Waals surface area contributed by atoms with Gasteiger partial charge in [0.15, 0.2) is 5.13 Å². The molecule has 1 aromatic heterocycles. The van der Waals surface area contributed by atoms with Crippen LogP contribution in [0.5, 0.6) is 0 Å². The summed E-state index contributed by atoms with van der Waals surface area (Å²) in [5.41, 5.74) is 6.79. The molecule has 2 N–H and O–H groups in total. The zero-order chi connectivity index (χ0) is 14.5. The van der Waals surface area contributed by atoms with Gasteiger partial charge in [-0.1, -0.05) is 0 Å². The minimum Gasteiger partial charge on any atom is -0.383 e. The molecule has 1 aliphatic rings. The van der Waals surface area contributed by atoms with Crippen LogP contribution in [0.4, 0.5) is 5.13 Å². The van der Waals surface area contributed by atoms with Gasteiger partial charge in [-0.3, -0.25) is 0 Å². The second-order valence-electron chi connectivity index (χ2n) is 5.27. The summed E-state index contributed by atoms with van der Waals surface area (Å²) in [7, 11) is 3.43. The molecule has 1 aliphatic carbocycles. The number of hydrogen-bond acceptors (Lipinski definition) is 6. The highest BCUT2D eigenvalue weighted by molar-refractivity contribution is 7.15. The van der Waals surface area contributed by atoms with Gasteiger partial charge in [-0.05, 0) is 25.7 Å². The van der Waals surface area contributed by atoms with Gasteiger partial charge >= 0.3 is 0 Å². The number of rotatable bonds is 9. The van der Waals surface area contributed by atoms with E-state index in [9.17, 15) is 0 Å². The molecule has 1 heterocycles. The van der Waals surface area contributed by atoms with Crippen LogP contribution in [0.1, 0.15) is 30.3 Å². The Hall–Kier alpha value is -0.690. The monoisotopic (exact) mass is 299 g/mol. The lowest BCUT2D eigenvalue weighted by molar-refractivity contribution is 0.181. The molecule has 6 heteroatoms. The SMILES string of the molecule is COCCN(c1nc(COC)c(CN)s1)C(C)C1CC1. The number of methoxy groups -OCH3 is 2. The summed E-state index contributed by atoms with van der Waals surface area (Å²) in [6, 6.07) is 0.511. The summed E-state index contributed by atoms with van der Waals surface area (Å²) in [5, 5.41) is 1.05. The first-order valence-corrected chi connectivity index (χ1v) is 7.96. The molecule has 1 aromatic rings. The number of ether oxygens (including phenoxy) is 2. The smallest absolute Gasteiger partial charge is 0.186 e. The summed E-state index contributed by atoms with van der Waals surface area (Å²) in [4.78, 5) is 8.22. The van der Waals surface area contributed by atoms with Crippen molar-refractivity contribution in [1.29, 1.82) is 0 Å². The third-order valence-corrected chi connectivity index (χ3v) is 4.97. The third kappa shape index (κ3) is 3.69. The maximum atomic E-state index is 5.81. The molecule has 0 amide bonds. The van der Waals surface area contributed by atoms with E-state index in [4.69, 9.17) is 20.2 Å². The minimum atomic E-state index is 0.511. The largest absolute Gasteiger partial charge is 0.383 e. The first-order chi connectivity index (χ1) is 9.71. The predicted octanol–water partition coefficient (Wildman–Crippen LogP) is 2.00. The summed E-state index contributed by atoms with van der Waals surface area (Å²) >= 11 is 1.69. The number of hydrogen-bond donors (Lipinski definition) is 1. The van der Waals surface area contributed by atoms with Crippen molar-refractivity contribution in [3.8, 4) is 0 Å². The van der Waals surface area contributed by atoms with E-state index in [2.05, 4.69) is 11.8 Å². The van der Waals surface area contributed by atoms with E-state index in [-0.39, 0.29) is 0 Å². The second kappa shape index (κ2) is 7.36. The molecule has 0 aromatic carbocycles. The molecular weight excluding hydrogens is 274 g/mol. The van der Waals surface area contributed by atoms with E-state index in [1.54, 1.807) is 25.6 Å². The Kier molecular flexibility index (Phi) is 5.77. The summed E-state index contributed by atoms with van der Waals surface area (Å²) in [6.07, 6.45) is 2.65. The molecule has 1 saturated carbocycles. The normalized spacial score (nSPS) is 16.4. The third-order valence-electron chi connectivity index (χ3n) is 3.81. The molecule has 0 saturated heterocycles. The lowest BCUT2D eigenvalue weighted by atomic mass is 10.2. The number of nitrogens with two attached hydrogens (primary N) is 1. The molecule has 0 aliphatic heterocycles. The molecule has 1 fully saturated rings. The van der Waals surface area contributed by atoms with Crippen molar-refractivity contribution >= 4 is 16.5 Å². The van der Waals surface area contributed by atoms with E-state index >= 15 is 0 Å². The topological polar surface area (TPSA) is 60.6 Å². The molecule has 0 spiro atoms. The van der Waals surface area contributed by atoms with Gasteiger partial charge in [0.2, 0.25) is 0 Å². The fourth-order valence-corrected chi connectivity index (χ4v) is 3.45. The summed E-state index contributed by atoms with van der Waals surface area (Å²) < 4.78 is 10.5. The van der Waals surface area contributed by atoms with Crippen LogP contribution in [0.25, 0.3) is 0 Å². The fourth-order valence-electron chi connectivity index (χ4n) is 2.40. The minimum absolute atomic E-state index is 0.511. The molecule has 0 bridgehead atoms. The molecule has 2 rings (SSSR count). The van der Waals surface area contributed by atoms with Crippen LogP contribution in [0.15, 0.2) is 0 Å². The highest BCUT2D eigenvalue weighted by Gasteiger charge is 2.33. The number of aromatic nitrogens is 1. The van der Waals surface area contributed by atoms with E-state index in [1.165, 1.54) is 12.8 Å². The molecular formula is C14H25N3O2S. The Morgan fingerprint density at radius 3 is 2.70 bits per heavy atom. The van der Waals surface area contributed by atoms with Crippen LogP contribution in [-0.4, -0.2) is 38.4 Å². The highest BCUT2D eigenvalue weighted by Crippen LogP contribution is 2.38. The first kappa shape index (κ1) is 15.7. The average molecular weight is 299 g/mol. The van der Waals surface area contributed by atoms with Crippen molar-refractivity contribution < 1.29 is 9.47 Å². The Bertz CT molecular complexity index is 421. The molecule has 114 valence electrons. The van der Waals surface area contributed by atoms with Crippen molar-refractivity contribution in [2.75, 3.05) is 32.3 Å². The quantitative estimate of drug-likeness (QED) is 0.756. The standard InChI is InChI=1S/C14H25N3O2S/c1-10(11-4-5-11)17(6-7-18-2)14-16-12(9-19-3)13(8-15)20-14/h10-11H,4-9,15H2,1-3H3. The summed E-state index contributed by atoms with van der Waals surface area (Å²) in [5.74, 6) is 0.794. The van der Waals surface area contributed by atoms with Crippen molar-refractivity contribution in [2.45, 2.75) is 39.0 Å². The van der Waals surface area contributed by atoms with Crippen LogP contribution in [-0.2, 0) is 22.6 Å². The molecule has 0 radical (unpaired) electrons. The predicted molar refractivity (Wildman–Crippen MR) is 82.1 cm³/mol. The van der Waals surface area contributed by atoms with Crippen LogP contribution < -0.4 is 10.6 Å². The zero-order valence-corrected chi connectivity index (χ0v) is 13.4. The van der Waals surface area contributed by atoms with Crippen LogP contribution in [0.3, 0.4) is 0 Å². The van der Waals surface area contributed by atoms with Crippen molar-refractivity contribution in [3.63, 3.8) is 0 Å². The Balaban J connectivity index is 2.17. The number of nitrogens with zero attached hydrogens (tertiary/aromatic N) is 2. The number of anilines is 1. The van der Waals surface area contributed by atoms with Crippen LogP contribution in [0, 0.1) is 5.92 Å². The zero-order valence-electron chi connectivity index (χ0n) is 12.6. The van der Waals surface area contributed by atoms with Gasteiger partial charge < -0.3 is 20.1 Å². The van der Waals surface area contributed by atoms with E-state index in [0.717, 1.165) is 28.2 Å². The van der Waals surface area contributed by atoms with E-state index in [0.29, 0.717) is 25.8 Å². The van der Waals surface area contributed by atoms with Crippen molar-refractivity contribution in [3.05, 3.63) is 10.6 Å². The highest BCUT2D eigenvalue weighted by atomic mass is 32.1. The Morgan fingerprint density at radius 2 is 2.15 bits per heavy atom.